The fourth-order valence-corrected chi connectivity index (χ4v) is 2.44. The molecule has 0 aliphatic carbocycles. The second-order valence-electron chi connectivity index (χ2n) is 4.32. The highest BCUT2D eigenvalue weighted by Crippen LogP contribution is 2.30. The Balaban J connectivity index is 2.11. The van der Waals surface area contributed by atoms with Gasteiger partial charge in [-0.05, 0) is 30.2 Å². The highest BCUT2D eigenvalue weighted by molar-refractivity contribution is 5.54. The van der Waals surface area contributed by atoms with Gasteiger partial charge < -0.3 is 9.88 Å². The number of para-hydroxylation sites is 1. The molecule has 0 amide bonds. The Hall–Kier alpha value is -1.70. The lowest BCUT2D eigenvalue weighted by molar-refractivity contribution is 0.669. The number of nitrogens with one attached hydrogen (secondary N) is 1. The van der Waals surface area contributed by atoms with E-state index in [0.717, 1.165) is 13.0 Å². The van der Waals surface area contributed by atoms with Gasteiger partial charge in [-0.25, -0.2) is 0 Å². The van der Waals surface area contributed by atoms with Crippen molar-refractivity contribution in [2.45, 2.75) is 25.9 Å². The summed E-state index contributed by atoms with van der Waals surface area (Å²) in [5.74, 6) is 0. The zero-order chi connectivity index (χ0) is 11.0. The van der Waals surface area contributed by atoms with Crippen LogP contribution in [0.3, 0.4) is 0 Å². The third-order valence-electron chi connectivity index (χ3n) is 3.32. The predicted octanol–water partition coefficient (Wildman–Crippen LogP) is 3.41. The van der Waals surface area contributed by atoms with E-state index < -0.39 is 0 Å². The topological polar surface area (TPSA) is 17.0 Å². The number of aromatic nitrogens is 1. The molecule has 0 saturated carbocycles. The summed E-state index contributed by atoms with van der Waals surface area (Å²) in [5, 5.41) is 3.63. The number of hydrogen-bond donors (Lipinski definition) is 1. The second-order valence-corrected chi connectivity index (χ2v) is 4.32. The first-order valence-electron chi connectivity index (χ1n) is 5.88. The summed E-state index contributed by atoms with van der Waals surface area (Å²) in [5.41, 5.74) is 4.03. The van der Waals surface area contributed by atoms with Gasteiger partial charge in [0, 0.05) is 24.1 Å². The van der Waals surface area contributed by atoms with Crippen LogP contribution in [-0.2, 0) is 6.54 Å². The third-order valence-corrected chi connectivity index (χ3v) is 3.32. The van der Waals surface area contributed by atoms with Gasteiger partial charge in [0.1, 0.15) is 0 Å². The van der Waals surface area contributed by atoms with Crippen molar-refractivity contribution in [2.75, 3.05) is 5.32 Å². The van der Waals surface area contributed by atoms with Crippen LogP contribution in [0.5, 0.6) is 0 Å². The first-order chi connectivity index (χ1) is 7.88. The normalized spacial score (nSPS) is 18.2. The summed E-state index contributed by atoms with van der Waals surface area (Å²) < 4.78 is 2.34. The minimum atomic E-state index is 0.429. The molecule has 1 aliphatic rings. The molecule has 16 heavy (non-hydrogen) atoms. The van der Waals surface area contributed by atoms with Crippen LogP contribution in [0.2, 0.25) is 0 Å². The first kappa shape index (κ1) is 9.52. The first-order valence-corrected chi connectivity index (χ1v) is 5.88. The van der Waals surface area contributed by atoms with E-state index in [9.17, 15) is 0 Å². The molecular weight excluding hydrogens is 196 g/mol. The van der Waals surface area contributed by atoms with Crippen molar-refractivity contribution in [1.82, 2.24) is 4.57 Å². The Bertz CT molecular complexity index is 499. The fraction of sp³-hybridized carbons (Fsp3) is 0.286. The van der Waals surface area contributed by atoms with Crippen LogP contribution in [0.4, 0.5) is 5.69 Å². The molecule has 2 nitrogen and oxygen atoms in total. The van der Waals surface area contributed by atoms with Gasteiger partial charge in [-0.15, -0.1) is 0 Å². The predicted molar refractivity (Wildman–Crippen MR) is 66.6 cm³/mol. The molecule has 2 aromatic rings. The maximum Gasteiger partial charge on any atom is 0.0662 e. The molecule has 1 atom stereocenters. The van der Waals surface area contributed by atoms with Crippen LogP contribution in [0, 0.1) is 0 Å². The molecule has 3 rings (SSSR count). The molecule has 0 fully saturated rings. The second kappa shape index (κ2) is 3.71. The average Bonchev–Trinajstić information content (AvgIpc) is 2.70. The maximum absolute atomic E-state index is 3.63. The van der Waals surface area contributed by atoms with E-state index >= 15 is 0 Å². The SMILES string of the molecule is CCC1Nc2ccccc2Cn2cccc21. The van der Waals surface area contributed by atoms with Gasteiger partial charge in [0.15, 0.2) is 0 Å². The van der Waals surface area contributed by atoms with Crippen molar-refractivity contribution in [3.05, 3.63) is 53.9 Å². The fourth-order valence-electron chi connectivity index (χ4n) is 2.44. The molecule has 1 aromatic heterocycles. The monoisotopic (exact) mass is 212 g/mol. The van der Waals surface area contributed by atoms with Crippen LogP contribution in [0.1, 0.15) is 30.6 Å². The number of nitrogens with zero attached hydrogens (tertiary/aromatic N) is 1. The standard InChI is InChI=1S/C14H16N2/c1-2-12-14-8-5-9-16(14)10-11-6-3-4-7-13(11)15-12/h3-9,12,15H,2,10H2,1H3. The Kier molecular flexibility index (Phi) is 2.21. The van der Waals surface area contributed by atoms with Gasteiger partial charge in [0.25, 0.3) is 0 Å². The molecule has 2 heterocycles. The molecule has 1 aromatic carbocycles. The van der Waals surface area contributed by atoms with E-state index in [1.54, 1.807) is 0 Å². The number of rotatable bonds is 1. The molecule has 1 N–H and O–H groups in total. The number of hydrogen-bond acceptors (Lipinski definition) is 1. The molecule has 0 spiro atoms. The van der Waals surface area contributed by atoms with Crippen molar-refractivity contribution in [1.29, 1.82) is 0 Å². The zero-order valence-corrected chi connectivity index (χ0v) is 9.48. The third kappa shape index (κ3) is 1.42. The highest BCUT2D eigenvalue weighted by atomic mass is 15.1. The minimum Gasteiger partial charge on any atom is -0.376 e. The quantitative estimate of drug-likeness (QED) is 0.766. The number of benzene rings is 1. The Morgan fingerprint density at radius 2 is 2.12 bits per heavy atom. The summed E-state index contributed by atoms with van der Waals surface area (Å²) in [6, 6.07) is 13.4. The van der Waals surface area contributed by atoms with Crippen LogP contribution in [0.25, 0.3) is 0 Å². The Labute approximate surface area is 95.9 Å². The van der Waals surface area contributed by atoms with E-state index in [4.69, 9.17) is 0 Å². The molecule has 0 bridgehead atoms. The van der Waals surface area contributed by atoms with Crippen molar-refractivity contribution in [3.63, 3.8) is 0 Å². The van der Waals surface area contributed by atoms with E-state index in [0.29, 0.717) is 6.04 Å². The van der Waals surface area contributed by atoms with Gasteiger partial charge in [0.05, 0.1) is 6.04 Å². The van der Waals surface area contributed by atoms with Gasteiger partial charge in [-0.1, -0.05) is 25.1 Å². The largest absolute Gasteiger partial charge is 0.376 e. The highest BCUT2D eigenvalue weighted by Gasteiger charge is 2.18. The lowest BCUT2D eigenvalue weighted by atomic mass is 10.1. The molecular formula is C14H16N2. The summed E-state index contributed by atoms with van der Waals surface area (Å²) in [6.45, 7) is 3.20. The Morgan fingerprint density at radius 1 is 1.25 bits per heavy atom. The van der Waals surface area contributed by atoms with Gasteiger partial charge in [-0.3, -0.25) is 0 Å². The van der Waals surface area contributed by atoms with E-state index in [-0.39, 0.29) is 0 Å². The summed E-state index contributed by atoms with van der Waals surface area (Å²) in [6.07, 6.45) is 3.28. The molecule has 2 heteroatoms. The zero-order valence-electron chi connectivity index (χ0n) is 9.48. The molecule has 1 unspecified atom stereocenters. The van der Waals surface area contributed by atoms with E-state index in [1.165, 1.54) is 16.9 Å². The smallest absolute Gasteiger partial charge is 0.0662 e. The number of anilines is 1. The van der Waals surface area contributed by atoms with Crippen LogP contribution in [0.15, 0.2) is 42.6 Å². The van der Waals surface area contributed by atoms with Crippen LogP contribution in [-0.4, -0.2) is 4.57 Å². The Morgan fingerprint density at radius 3 is 3.00 bits per heavy atom. The van der Waals surface area contributed by atoms with Gasteiger partial charge >= 0.3 is 0 Å². The summed E-state index contributed by atoms with van der Waals surface area (Å²) in [4.78, 5) is 0. The number of fused-ring (bicyclic) bond motifs is 2. The molecule has 0 saturated heterocycles. The van der Waals surface area contributed by atoms with Crippen molar-refractivity contribution < 1.29 is 0 Å². The van der Waals surface area contributed by atoms with Crippen LogP contribution >= 0.6 is 0 Å². The minimum absolute atomic E-state index is 0.429. The van der Waals surface area contributed by atoms with Crippen LogP contribution < -0.4 is 5.32 Å². The maximum atomic E-state index is 3.63. The molecule has 0 radical (unpaired) electrons. The van der Waals surface area contributed by atoms with Crippen molar-refractivity contribution >= 4 is 5.69 Å². The van der Waals surface area contributed by atoms with E-state index in [2.05, 4.69) is 59.4 Å². The molecule has 1 aliphatic heterocycles. The lowest BCUT2D eigenvalue weighted by Crippen LogP contribution is -2.10. The van der Waals surface area contributed by atoms with E-state index in [1.807, 2.05) is 0 Å². The average molecular weight is 212 g/mol. The van der Waals surface area contributed by atoms with Crippen molar-refractivity contribution in [2.24, 2.45) is 0 Å². The van der Waals surface area contributed by atoms with Gasteiger partial charge in [-0.2, -0.15) is 0 Å². The summed E-state index contributed by atoms with van der Waals surface area (Å²) in [7, 11) is 0. The molecule has 82 valence electrons. The van der Waals surface area contributed by atoms with Crippen molar-refractivity contribution in [3.8, 4) is 0 Å². The lowest BCUT2D eigenvalue weighted by Gasteiger charge is -2.16. The van der Waals surface area contributed by atoms with Gasteiger partial charge in [0.2, 0.25) is 0 Å². The summed E-state index contributed by atoms with van der Waals surface area (Å²) >= 11 is 0.